The standard InChI is InChI=1S/C17H28N4OS/c1-3-18-17(20-11-12-23-2)21-13-14-7-6-10-19-16(14)22-15-8-4-5-9-15/h6-7,10,15H,3-5,8-9,11-13H2,1-2H3,(H2,18,20,21). The molecular weight excluding hydrogens is 308 g/mol. The summed E-state index contributed by atoms with van der Waals surface area (Å²) in [6, 6.07) is 3.99. The number of nitrogens with zero attached hydrogens (tertiary/aromatic N) is 2. The molecule has 0 spiro atoms. The van der Waals surface area contributed by atoms with Gasteiger partial charge < -0.3 is 15.4 Å². The van der Waals surface area contributed by atoms with Crippen LogP contribution in [-0.2, 0) is 6.54 Å². The van der Waals surface area contributed by atoms with Crippen LogP contribution in [0.3, 0.4) is 0 Å². The van der Waals surface area contributed by atoms with E-state index in [1.807, 2.05) is 23.9 Å². The lowest BCUT2D eigenvalue weighted by atomic mass is 10.2. The van der Waals surface area contributed by atoms with Crippen molar-refractivity contribution in [3.8, 4) is 5.88 Å². The Bertz CT molecular complexity index is 489. The minimum Gasteiger partial charge on any atom is -0.474 e. The third-order valence-electron chi connectivity index (χ3n) is 3.78. The Hall–Kier alpha value is -1.43. The fourth-order valence-corrected chi connectivity index (χ4v) is 2.90. The quantitative estimate of drug-likeness (QED) is 0.434. The van der Waals surface area contributed by atoms with E-state index in [-0.39, 0.29) is 0 Å². The normalized spacial score (nSPS) is 15.7. The number of nitrogens with one attached hydrogen (secondary N) is 2. The molecule has 0 amide bonds. The molecule has 0 bridgehead atoms. The maximum absolute atomic E-state index is 6.07. The van der Waals surface area contributed by atoms with Gasteiger partial charge in [0.05, 0.1) is 6.54 Å². The lowest BCUT2D eigenvalue weighted by Crippen LogP contribution is -2.38. The monoisotopic (exact) mass is 336 g/mol. The zero-order valence-corrected chi connectivity index (χ0v) is 15.0. The van der Waals surface area contributed by atoms with Crippen LogP contribution < -0.4 is 15.4 Å². The van der Waals surface area contributed by atoms with E-state index in [2.05, 4.69) is 33.8 Å². The minimum atomic E-state index is 0.320. The summed E-state index contributed by atoms with van der Waals surface area (Å²) in [5.74, 6) is 2.65. The zero-order valence-electron chi connectivity index (χ0n) is 14.2. The van der Waals surface area contributed by atoms with Gasteiger partial charge in [0, 0.05) is 30.6 Å². The molecule has 1 saturated carbocycles. The van der Waals surface area contributed by atoms with E-state index in [1.54, 1.807) is 6.20 Å². The summed E-state index contributed by atoms with van der Waals surface area (Å²) < 4.78 is 6.07. The third kappa shape index (κ3) is 6.29. The molecule has 6 heteroatoms. The topological polar surface area (TPSA) is 58.5 Å². The lowest BCUT2D eigenvalue weighted by Gasteiger charge is -2.15. The molecule has 0 aliphatic heterocycles. The minimum absolute atomic E-state index is 0.320. The number of thioether (sulfide) groups is 1. The number of hydrogen-bond donors (Lipinski definition) is 2. The molecule has 0 aromatic carbocycles. The number of aliphatic imine (C=N–C) groups is 1. The van der Waals surface area contributed by atoms with Gasteiger partial charge in [0.25, 0.3) is 0 Å². The molecule has 2 N–H and O–H groups in total. The van der Waals surface area contributed by atoms with Crippen LogP contribution in [0.2, 0.25) is 0 Å². The van der Waals surface area contributed by atoms with Gasteiger partial charge in [-0.3, -0.25) is 0 Å². The molecule has 1 aliphatic carbocycles. The number of ether oxygens (including phenoxy) is 1. The zero-order chi connectivity index (χ0) is 16.3. The Morgan fingerprint density at radius 2 is 2.22 bits per heavy atom. The summed E-state index contributed by atoms with van der Waals surface area (Å²) >= 11 is 1.82. The molecule has 1 aromatic rings. The van der Waals surface area contributed by atoms with Crippen molar-refractivity contribution >= 4 is 17.7 Å². The smallest absolute Gasteiger partial charge is 0.218 e. The van der Waals surface area contributed by atoms with Crippen molar-refractivity contribution in [3.63, 3.8) is 0 Å². The Balaban J connectivity index is 1.97. The molecule has 1 aliphatic rings. The van der Waals surface area contributed by atoms with Crippen molar-refractivity contribution in [2.24, 2.45) is 4.99 Å². The predicted octanol–water partition coefficient (Wildman–Crippen LogP) is 2.82. The van der Waals surface area contributed by atoms with Crippen molar-refractivity contribution in [1.29, 1.82) is 0 Å². The number of aromatic nitrogens is 1. The molecule has 0 radical (unpaired) electrons. The van der Waals surface area contributed by atoms with Crippen LogP contribution in [0, 0.1) is 0 Å². The number of pyridine rings is 1. The van der Waals surface area contributed by atoms with E-state index in [4.69, 9.17) is 4.74 Å². The van der Waals surface area contributed by atoms with E-state index in [1.165, 1.54) is 12.8 Å². The van der Waals surface area contributed by atoms with Gasteiger partial charge >= 0.3 is 0 Å². The van der Waals surface area contributed by atoms with E-state index >= 15 is 0 Å². The molecule has 0 saturated heterocycles. The van der Waals surface area contributed by atoms with E-state index < -0.39 is 0 Å². The van der Waals surface area contributed by atoms with E-state index in [9.17, 15) is 0 Å². The summed E-state index contributed by atoms with van der Waals surface area (Å²) in [6.45, 7) is 4.41. The van der Waals surface area contributed by atoms with Gasteiger partial charge in [0.1, 0.15) is 6.10 Å². The SMILES string of the molecule is CCNC(=NCc1cccnc1OC1CCCC1)NCCSC. The van der Waals surface area contributed by atoms with Crippen LogP contribution >= 0.6 is 11.8 Å². The first-order valence-electron chi connectivity index (χ1n) is 8.45. The van der Waals surface area contributed by atoms with Crippen molar-refractivity contribution < 1.29 is 4.74 Å². The average molecular weight is 337 g/mol. The van der Waals surface area contributed by atoms with Crippen LogP contribution in [-0.4, -0.2) is 42.1 Å². The summed E-state index contributed by atoms with van der Waals surface area (Å²) in [5, 5.41) is 6.61. The first kappa shape index (κ1) is 17.9. The average Bonchev–Trinajstić information content (AvgIpc) is 3.07. The summed E-state index contributed by atoms with van der Waals surface area (Å²) in [7, 11) is 0. The Morgan fingerprint density at radius 1 is 1.39 bits per heavy atom. The lowest BCUT2D eigenvalue weighted by molar-refractivity contribution is 0.199. The van der Waals surface area contributed by atoms with Crippen LogP contribution in [0.15, 0.2) is 23.3 Å². The van der Waals surface area contributed by atoms with Crippen molar-refractivity contribution in [2.45, 2.75) is 45.3 Å². The molecule has 1 heterocycles. The van der Waals surface area contributed by atoms with E-state index in [0.717, 1.165) is 49.1 Å². The maximum atomic E-state index is 6.07. The van der Waals surface area contributed by atoms with Crippen molar-refractivity contribution in [2.75, 3.05) is 25.1 Å². The fraction of sp³-hybridized carbons (Fsp3) is 0.647. The Labute approximate surface area is 143 Å². The van der Waals surface area contributed by atoms with Gasteiger partial charge in [-0.05, 0) is 44.9 Å². The molecule has 23 heavy (non-hydrogen) atoms. The number of guanidine groups is 1. The van der Waals surface area contributed by atoms with Crippen LogP contribution in [0.1, 0.15) is 38.2 Å². The molecule has 1 fully saturated rings. The van der Waals surface area contributed by atoms with Gasteiger partial charge in [0.15, 0.2) is 5.96 Å². The molecule has 0 atom stereocenters. The van der Waals surface area contributed by atoms with Crippen molar-refractivity contribution in [3.05, 3.63) is 23.9 Å². The van der Waals surface area contributed by atoms with Crippen LogP contribution in [0.5, 0.6) is 5.88 Å². The van der Waals surface area contributed by atoms with E-state index in [0.29, 0.717) is 12.6 Å². The number of hydrogen-bond acceptors (Lipinski definition) is 4. The molecule has 0 unspecified atom stereocenters. The van der Waals surface area contributed by atoms with Gasteiger partial charge in [-0.2, -0.15) is 11.8 Å². The Morgan fingerprint density at radius 3 is 2.96 bits per heavy atom. The summed E-state index contributed by atoms with van der Waals surface area (Å²) in [5.41, 5.74) is 1.04. The first-order valence-corrected chi connectivity index (χ1v) is 9.84. The predicted molar refractivity (Wildman–Crippen MR) is 98.3 cm³/mol. The maximum Gasteiger partial charge on any atom is 0.218 e. The second-order valence-corrected chi connectivity index (χ2v) is 6.59. The molecule has 1 aromatic heterocycles. The third-order valence-corrected chi connectivity index (χ3v) is 4.39. The molecule has 128 valence electrons. The largest absolute Gasteiger partial charge is 0.474 e. The van der Waals surface area contributed by atoms with Crippen molar-refractivity contribution in [1.82, 2.24) is 15.6 Å². The molecule has 5 nitrogen and oxygen atoms in total. The number of rotatable bonds is 8. The van der Waals surface area contributed by atoms with Crippen LogP contribution in [0.25, 0.3) is 0 Å². The highest BCUT2D eigenvalue weighted by Crippen LogP contribution is 2.25. The summed E-state index contributed by atoms with van der Waals surface area (Å²) in [4.78, 5) is 9.06. The van der Waals surface area contributed by atoms with Gasteiger partial charge in [0.2, 0.25) is 5.88 Å². The second kappa shape index (κ2) is 10.4. The van der Waals surface area contributed by atoms with Gasteiger partial charge in [-0.15, -0.1) is 0 Å². The summed E-state index contributed by atoms with van der Waals surface area (Å²) in [6.07, 6.45) is 9.01. The highest BCUT2D eigenvalue weighted by atomic mass is 32.2. The van der Waals surface area contributed by atoms with Crippen LogP contribution in [0.4, 0.5) is 0 Å². The second-order valence-electron chi connectivity index (χ2n) is 5.61. The van der Waals surface area contributed by atoms with Gasteiger partial charge in [-0.25, -0.2) is 9.98 Å². The molecule has 2 rings (SSSR count). The van der Waals surface area contributed by atoms with Gasteiger partial charge in [-0.1, -0.05) is 6.07 Å². The fourth-order valence-electron chi connectivity index (χ4n) is 2.59. The highest BCUT2D eigenvalue weighted by Gasteiger charge is 2.18. The molecular formula is C17H28N4OS. The Kier molecular flexibility index (Phi) is 8.07. The highest BCUT2D eigenvalue weighted by molar-refractivity contribution is 7.98. The first-order chi connectivity index (χ1) is 11.3.